The van der Waals surface area contributed by atoms with Crippen LogP contribution in [-0.4, -0.2) is 43.6 Å². The van der Waals surface area contributed by atoms with Crippen LogP contribution in [0, 0.1) is 0 Å². The van der Waals surface area contributed by atoms with Crippen LogP contribution in [0.5, 0.6) is 0 Å². The topological polar surface area (TPSA) is 75.6 Å². The van der Waals surface area contributed by atoms with Crippen LogP contribution in [0.1, 0.15) is 20.8 Å². The van der Waals surface area contributed by atoms with Gasteiger partial charge in [-0.25, -0.2) is 13.1 Å². The fraction of sp³-hybridized carbons (Fsp3) is 1.00. The van der Waals surface area contributed by atoms with Crippen LogP contribution in [0.25, 0.3) is 0 Å². The third kappa shape index (κ3) is 2.44. The molecular formula is C8H17NO4S. The number of nitrogens with one attached hydrogen (secondary N) is 1. The molecule has 0 bridgehead atoms. The normalized spacial score (nSPS) is 21.7. The lowest BCUT2D eigenvalue weighted by Crippen LogP contribution is -2.58. The summed E-state index contributed by atoms with van der Waals surface area (Å²) in [5.74, 6) is 0. The van der Waals surface area contributed by atoms with Crippen molar-refractivity contribution in [3.8, 4) is 0 Å². The van der Waals surface area contributed by atoms with Gasteiger partial charge in [0.05, 0.1) is 18.0 Å². The number of hydrogen-bond donors (Lipinski definition) is 2. The van der Waals surface area contributed by atoms with Gasteiger partial charge in [0.15, 0.2) is 0 Å². The molecule has 1 saturated heterocycles. The van der Waals surface area contributed by atoms with E-state index in [0.29, 0.717) is 0 Å². The van der Waals surface area contributed by atoms with Crippen LogP contribution in [-0.2, 0) is 14.8 Å². The maximum absolute atomic E-state index is 11.6. The summed E-state index contributed by atoms with van der Waals surface area (Å²) >= 11 is 0. The molecule has 1 fully saturated rings. The van der Waals surface area contributed by atoms with Gasteiger partial charge in [0, 0.05) is 6.54 Å². The van der Waals surface area contributed by atoms with Gasteiger partial charge in [-0.05, 0) is 20.8 Å². The summed E-state index contributed by atoms with van der Waals surface area (Å²) in [6.45, 7) is 5.23. The third-order valence-electron chi connectivity index (χ3n) is 2.14. The Morgan fingerprint density at radius 2 is 1.93 bits per heavy atom. The smallest absolute Gasteiger partial charge is 0.216 e. The van der Waals surface area contributed by atoms with Crippen LogP contribution in [0.4, 0.5) is 0 Å². The maximum atomic E-state index is 11.6. The first kappa shape index (κ1) is 11.9. The molecule has 0 radical (unpaired) electrons. The molecule has 0 aliphatic carbocycles. The molecule has 2 N–H and O–H groups in total. The molecule has 0 aromatic rings. The third-order valence-corrected chi connectivity index (χ3v) is 4.28. The zero-order chi connectivity index (χ0) is 11.0. The second-order valence-electron chi connectivity index (χ2n) is 4.65. The van der Waals surface area contributed by atoms with Crippen molar-refractivity contribution in [1.82, 2.24) is 4.72 Å². The van der Waals surface area contributed by atoms with E-state index in [9.17, 15) is 13.5 Å². The highest BCUT2D eigenvalue weighted by Crippen LogP contribution is 2.18. The highest BCUT2D eigenvalue weighted by atomic mass is 32.2. The molecule has 1 heterocycles. The van der Waals surface area contributed by atoms with E-state index in [1.165, 1.54) is 0 Å². The largest absolute Gasteiger partial charge is 0.384 e. The monoisotopic (exact) mass is 223 g/mol. The molecule has 0 amide bonds. The van der Waals surface area contributed by atoms with E-state index in [2.05, 4.69) is 4.72 Å². The number of ether oxygens (including phenoxy) is 1. The Kier molecular flexibility index (Phi) is 2.93. The van der Waals surface area contributed by atoms with E-state index < -0.39 is 20.4 Å². The number of aliphatic hydroxyl groups is 1. The second kappa shape index (κ2) is 3.44. The van der Waals surface area contributed by atoms with E-state index >= 15 is 0 Å². The lowest BCUT2D eigenvalue weighted by Gasteiger charge is -2.36. The van der Waals surface area contributed by atoms with E-state index in [4.69, 9.17) is 4.74 Å². The molecule has 0 unspecified atom stereocenters. The second-order valence-corrected chi connectivity index (χ2v) is 7.17. The Morgan fingerprint density at radius 3 is 2.21 bits per heavy atom. The van der Waals surface area contributed by atoms with Crippen molar-refractivity contribution in [1.29, 1.82) is 0 Å². The van der Waals surface area contributed by atoms with E-state index in [1.54, 1.807) is 20.8 Å². The minimum Gasteiger partial charge on any atom is -0.384 e. The molecular weight excluding hydrogens is 206 g/mol. The van der Waals surface area contributed by atoms with Gasteiger partial charge in [-0.2, -0.15) is 0 Å². The average molecular weight is 223 g/mol. The molecule has 0 saturated carbocycles. The van der Waals surface area contributed by atoms with Gasteiger partial charge in [-0.15, -0.1) is 0 Å². The molecule has 1 aliphatic heterocycles. The summed E-state index contributed by atoms with van der Waals surface area (Å²) in [7, 11) is -3.37. The molecule has 1 rings (SSSR count). The zero-order valence-corrected chi connectivity index (χ0v) is 9.52. The first-order chi connectivity index (χ1) is 6.16. The summed E-state index contributed by atoms with van der Waals surface area (Å²) in [6.07, 6.45) is 0. The van der Waals surface area contributed by atoms with Gasteiger partial charge in [-0.1, -0.05) is 0 Å². The standard InChI is InChI=1S/C8H17NO4S/c1-7(2,3)14(11,12)9-4-8(10)5-13-6-8/h9-10H,4-6H2,1-3H3. The molecule has 0 aromatic heterocycles. The Morgan fingerprint density at radius 1 is 1.43 bits per heavy atom. The Labute approximate surface area is 84.5 Å². The first-order valence-corrected chi connectivity index (χ1v) is 5.94. The zero-order valence-electron chi connectivity index (χ0n) is 8.70. The van der Waals surface area contributed by atoms with Crippen LogP contribution >= 0.6 is 0 Å². The number of sulfonamides is 1. The van der Waals surface area contributed by atoms with Gasteiger partial charge in [0.25, 0.3) is 0 Å². The number of rotatable bonds is 3. The summed E-state index contributed by atoms with van der Waals surface area (Å²) in [4.78, 5) is 0. The van der Waals surface area contributed by atoms with Crippen molar-refractivity contribution >= 4 is 10.0 Å². The van der Waals surface area contributed by atoms with Crippen LogP contribution in [0.15, 0.2) is 0 Å². The van der Waals surface area contributed by atoms with Gasteiger partial charge < -0.3 is 9.84 Å². The van der Waals surface area contributed by atoms with Crippen LogP contribution < -0.4 is 4.72 Å². The van der Waals surface area contributed by atoms with Gasteiger partial charge in [0.1, 0.15) is 5.60 Å². The maximum Gasteiger partial charge on any atom is 0.216 e. The Bertz CT molecular complexity index is 300. The van der Waals surface area contributed by atoms with Crippen LogP contribution in [0.3, 0.4) is 0 Å². The molecule has 1 aliphatic rings. The fourth-order valence-corrected chi connectivity index (χ4v) is 1.78. The van der Waals surface area contributed by atoms with E-state index in [0.717, 1.165) is 0 Å². The van der Waals surface area contributed by atoms with Crippen LogP contribution in [0.2, 0.25) is 0 Å². The Hall–Kier alpha value is -0.170. The molecule has 0 spiro atoms. The summed E-state index contributed by atoms with van der Waals surface area (Å²) in [6, 6.07) is 0. The lowest BCUT2D eigenvalue weighted by atomic mass is 10.0. The van der Waals surface area contributed by atoms with Gasteiger partial charge >= 0.3 is 0 Å². The van der Waals surface area contributed by atoms with Crippen molar-refractivity contribution in [2.24, 2.45) is 0 Å². The minimum atomic E-state index is -3.37. The van der Waals surface area contributed by atoms with E-state index in [1.807, 2.05) is 0 Å². The molecule has 0 aromatic carbocycles. The SMILES string of the molecule is CC(C)(C)S(=O)(=O)NCC1(O)COC1. The number of hydrogen-bond acceptors (Lipinski definition) is 4. The Balaban J connectivity index is 2.53. The lowest BCUT2D eigenvalue weighted by molar-refractivity contribution is -0.172. The predicted molar refractivity (Wildman–Crippen MR) is 52.4 cm³/mol. The molecule has 6 heteroatoms. The van der Waals surface area contributed by atoms with E-state index in [-0.39, 0.29) is 19.8 Å². The van der Waals surface area contributed by atoms with Crippen molar-refractivity contribution in [3.05, 3.63) is 0 Å². The van der Waals surface area contributed by atoms with Crippen molar-refractivity contribution in [2.45, 2.75) is 31.1 Å². The van der Waals surface area contributed by atoms with Crippen molar-refractivity contribution in [3.63, 3.8) is 0 Å². The summed E-state index contributed by atoms with van der Waals surface area (Å²) in [5.41, 5.74) is -1.02. The van der Waals surface area contributed by atoms with Gasteiger partial charge in [0.2, 0.25) is 10.0 Å². The highest BCUT2D eigenvalue weighted by Gasteiger charge is 2.39. The van der Waals surface area contributed by atoms with Crippen molar-refractivity contribution in [2.75, 3.05) is 19.8 Å². The minimum absolute atomic E-state index is 0.0204. The average Bonchev–Trinajstić information content (AvgIpc) is 1.95. The van der Waals surface area contributed by atoms with Gasteiger partial charge in [-0.3, -0.25) is 0 Å². The fourth-order valence-electron chi connectivity index (χ4n) is 0.886. The first-order valence-electron chi connectivity index (χ1n) is 4.46. The molecule has 84 valence electrons. The molecule has 5 nitrogen and oxygen atoms in total. The van der Waals surface area contributed by atoms with Crippen molar-refractivity contribution < 1.29 is 18.3 Å². The molecule has 14 heavy (non-hydrogen) atoms. The highest BCUT2D eigenvalue weighted by molar-refractivity contribution is 7.90. The summed E-state index contributed by atoms with van der Waals surface area (Å²) < 4.78 is 29.5. The quantitative estimate of drug-likeness (QED) is 0.674. The summed E-state index contributed by atoms with van der Waals surface area (Å²) in [5, 5.41) is 9.59. The predicted octanol–water partition coefficient (Wildman–Crippen LogP) is -0.534. The molecule has 0 atom stereocenters.